The van der Waals surface area contributed by atoms with Crippen molar-refractivity contribution in [1.82, 2.24) is 0 Å². The van der Waals surface area contributed by atoms with Crippen LogP contribution in [0, 0.1) is 0 Å². The van der Waals surface area contributed by atoms with Gasteiger partial charge in [0.15, 0.2) is 17.8 Å². The smallest absolute Gasteiger partial charge is 0.187 e. The fraction of sp³-hybridized carbons (Fsp3) is 0.517. The first kappa shape index (κ1) is 28.0. The molecule has 9 atom stereocenters. The zero-order chi connectivity index (χ0) is 29.0. The lowest BCUT2D eigenvalue weighted by Gasteiger charge is -2.41. The van der Waals surface area contributed by atoms with Crippen LogP contribution in [0.5, 0.6) is 28.7 Å². The van der Waals surface area contributed by atoms with Gasteiger partial charge in [0.05, 0.1) is 39.5 Å². The van der Waals surface area contributed by atoms with Gasteiger partial charge in [-0.15, -0.1) is 0 Å². The molecule has 0 aliphatic carbocycles. The SMILES string of the molecule is C=C(COC1OC(CO)C(O)C(O)C1O)C1Cc2c(ccc3c2OC2COc4cc(OC)c(OC)cc4C2C3O)O1. The van der Waals surface area contributed by atoms with E-state index in [1.54, 1.807) is 32.4 Å². The van der Waals surface area contributed by atoms with Crippen molar-refractivity contribution in [2.24, 2.45) is 0 Å². The summed E-state index contributed by atoms with van der Waals surface area (Å²) < 4.78 is 40.5. The summed E-state index contributed by atoms with van der Waals surface area (Å²) >= 11 is 0. The Hall–Kier alpha value is -3.10. The van der Waals surface area contributed by atoms with E-state index >= 15 is 0 Å². The summed E-state index contributed by atoms with van der Waals surface area (Å²) in [6.45, 7) is 3.68. The molecule has 2 aromatic rings. The quantitative estimate of drug-likeness (QED) is 0.289. The second kappa shape index (κ2) is 11.0. The molecule has 1 fully saturated rings. The third-order valence-corrected chi connectivity index (χ3v) is 8.25. The maximum absolute atomic E-state index is 11.6. The topological polar surface area (TPSA) is 166 Å². The van der Waals surface area contributed by atoms with Crippen LogP contribution in [0.15, 0.2) is 36.4 Å². The zero-order valence-corrected chi connectivity index (χ0v) is 22.6. The lowest BCUT2D eigenvalue weighted by atomic mass is 9.80. The fourth-order valence-electron chi connectivity index (χ4n) is 5.96. The Labute approximate surface area is 236 Å². The number of hydrogen-bond donors (Lipinski definition) is 5. The molecule has 6 rings (SSSR count). The number of benzene rings is 2. The van der Waals surface area contributed by atoms with Gasteiger partial charge < -0.3 is 58.7 Å². The predicted octanol–water partition coefficient (Wildman–Crippen LogP) is 0.351. The first-order chi connectivity index (χ1) is 19.7. The fourth-order valence-corrected chi connectivity index (χ4v) is 5.96. The van der Waals surface area contributed by atoms with Crippen molar-refractivity contribution in [3.8, 4) is 28.7 Å². The van der Waals surface area contributed by atoms with E-state index in [2.05, 4.69) is 6.58 Å². The minimum Gasteiger partial charge on any atom is -0.493 e. The Morgan fingerprint density at radius 2 is 1.71 bits per heavy atom. The Balaban J connectivity index is 1.18. The van der Waals surface area contributed by atoms with E-state index in [4.69, 9.17) is 33.2 Å². The summed E-state index contributed by atoms with van der Waals surface area (Å²) in [4.78, 5) is 0. The summed E-state index contributed by atoms with van der Waals surface area (Å²) in [5, 5.41) is 51.2. The van der Waals surface area contributed by atoms with Crippen molar-refractivity contribution in [2.45, 2.75) is 61.4 Å². The first-order valence-electron chi connectivity index (χ1n) is 13.4. The van der Waals surface area contributed by atoms with Crippen LogP contribution in [0.3, 0.4) is 0 Å². The highest BCUT2D eigenvalue weighted by molar-refractivity contribution is 5.59. The highest BCUT2D eigenvalue weighted by atomic mass is 16.7. The molecule has 4 aliphatic rings. The standard InChI is InChI=1S/C29H34O12/c1-12(10-38-29-27(34)26(33)25(32)21(9-30)41-29)17-7-15-16(39-17)5-4-13-24(31)23-14-6-19(35-2)20(36-3)8-18(14)37-11-22(23)40-28(13)15/h4-6,8,17,21-27,29-34H,1,7,9-11H2,2-3H3. The summed E-state index contributed by atoms with van der Waals surface area (Å²) in [5.41, 5.74) is 2.74. The highest BCUT2D eigenvalue weighted by Crippen LogP contribution is 2.54. The molecule has 0 radical (unpaired) electrons. The van der Waals surface area contributed by atoms with Gasteiger partial charge in [-0.2, -0.15) is 0 Å². The minimum atomic E-state index is -1.54. The van der Waals surface area contributed by atoms with Crippen molar-refractivity contribution in [3.05, 3.63) is 53.1 Å². The number of fused-ring (bicyclic) bond motifs is 6. The van der Waals surface area contributed by atoms with E-state index < -0.39 is 55.6 Å². The Kier molecular flexibility index (Phi) is 7.49. The van der Waals surface area contributed by atoms with Crippen LogP contribution in [-0.2, 0) is 15.9 Å². The van der Waals surface area contributed by atoms with Gasteiger partial charge in [0.1, 0.15) is 60.5 Å². The van der Waals surface area contributed by atoms with Crippen molar-refractivity contribution >= 4 is 0 Å². The highest BCUT2D eigenvalue weighted by Gasteiger charge is 2.47. The Bertz CT molecular complexity index is 1310. The molecule has 9 unspecified atom stereocenters. The molecule has 12 heteroatoms. The average molecular weight is 575 g/mol. The van der Waals surface area contributed by atoms with Crippen molar-refractivity contribution in [3.63, 3.8) is 0 Å². The summed E-state index contributed by atoms with van der Waals surface area (Å²) in [6.07, 6.45) is -8.27. The molecule has 0 bridgehead atoms. The summed E-state index contributed by atoms with van der Waals surface area (Å²) in [7, 11) is 3.10. The molecule has 4 heterocycles. The van der Waals surface area contributed by atoms with E-state index in [1.165, 1.54) is 0 Å². The van der Waals surface area contributed by atoms with Crippen LogP contribution in [0.1, 0.15) is 28.7 Å². The molecule has 41 heavy (non-hydrogen) atoms. The molecule has 0 spiro atoms. The second-order valence-electron chi connectivity index (χ2n) is 10.6. The molecule has 0 aromatic heterocycles. The monoisotopic (exact) mass is 574 g/mol. The normalized spacial score (nSPS) is 33.2. The van der Waals surface area contributed by atoms with Gasteiger partial charge in [-0.05, 0) is 23.8 Å². The maximum Gasteiger partial charge on any atom is 0.187 e. The number of hydrogen-bond acceptors (Lipinski definition) is 12. The molecule has 222 valence electrons. The molecular formula is C29H34O12. The number of aliphatic hydroxyl groups is 5. The van der Waals surface area contributed by atoms with Crippen LogP contribution in [0.2, 0.25) is 0 Å². The van der Waals surface area contributed by atoms with Crippen molar-refractivity contribution < 1.29 is 58.7 Å². The molecule has 4 aliphatic heterocycles. The predicted molar refractivity (Wildman–Crippen MR) is 141 cm³/mol. The van der Waals surface area contributed by atoms with Crippen molar-refractivity contribution in [2.75, 3.05) is 34.0 Å². The van der Waals surface area contributed by atoms with Crippen LogP contribution in [-0.4, -0.2) is 102 Å². The third kappa shape index (κ3) is 4.69. The van der Waals surface area contributed by atoms with E-state index in [9.17, 15) is 25.5 Å². The van der Waals surface area contributed by atoms with Gasteiger partial charge in [-0.25, -0.2) is 0 Å². The number of methoxy groups -OCH3 is 2. The Morgan fingerprint density at radius 1 is 0.951 bits per heavy atom. The van der Waals surface area contributed by atoms with Crippen LogP contribution >= 0.6 is 0 Å². The van der Waals surface area contributed by atoms with Crippen LogP contribution < -0.4 is 23.7 Å². The van der Waals surface area contributed by atoms with E-state index in [1.807, 2.05) is 6.07 Å². The lowest BCUT2D eigenvalue weighted by Crippen LogP contribution is -2.59. The van der Waals surface area contributed by atoms with Gasteiger partial charge in [0, 0.05) is 29.2 Å². The minimum absolute atomic E-state index is 0.0758. The molecule has 2 aromatic carbocycles. The number of rotatable bonds is 7. The van der Waals surface area contributed by atoms with Gasteiger partial charge >= 0.3 is 0 Å². The number of aliphatic hydroxyl groups excluding tert-OH is 5. The van der Waals surface area contributed by atoms with Gasteiger partial charge in [0.2, 0.25) is 0 Å². The lowest BCUT2D eigenvalue weighted by molar-refractivity contribution is -0.299. The van der Waals surface area contributed by atoms with Gasteiger partial charge in [-0.1, -0.05) is 6.58 Å². The van der Waals surface area contributed by atoms with E-state index in [0.717, 1.165) is 11.1 Å². The summed E-state index contributed by atoms with van der Waals surface area (Å²) in [6, 6.07) is 7.16. The van der Waals surface area contributed by atoms with E-state index in [-0.39, 0.29) is 19.1 Å². The summed E-state index contributed by atoms with van der Waals surface area (Å²) in [5.74, 6) is 2.43. The Morgan fingerprint density at radius 3 is 2.44 bits per heavy atom. The zero-order valence-electron chi connectivity index (χ0n) is 22.6. The number of ether oxygens (including phenoxy) is 7. The van der Waals surface area contributed by atoms with Gasteiger partial charge in [-0.3, -0.25) is 0 Å². The van der Waals surface area contributed by atoms with Crippen molar-refractivity contribution in [1.29, 1.82) is 0 Å². The van der Waals surface area contributed by atoms with Gasteiger partial charge in [0.25, 0.3) is 0 Å². The van der Waals surface area contributed by atoms with E-state index in [0.29, 0.717) is 46.3 Å². The molecule has 1 saturated heterocycles. The third-order valence-electron chi connectivity index (χ3n) is 8.25. The first-order valence-corrected chi connectivity index (χ1v) is 13.4. The molecule has 5 N–H and O–H groups in total. The molecule has 12 nitrogen and oxygen atoms in total. The van der Waals surface area contributed by atoms with Crippen LogP contribution in [0.4, 0.5) is 0 Å². The van der Waals surface area contributed by atoms with Crippen LogP contribution in [0.25, 0.3) is 0 Å². The largest absolute Gasteiger partial charge is 0.493 e. The second-order valence-corrected chi connectivity index (χ2v) is 10.6. The maximum atomic E-state index is 11.6. The molecule has 0 saturated carbocycles. The average Bonchev–Trinajstić information content (AvgIpc) is 3.44. The molecular weight excluding hydrogens is 540 g/mol. The molecule has 0 amide bonds.